The largest absolute Gasteiger partial charge is 0.481 e. The van der Waals surface area contributed by atoms with Gasteiger partial charge in [0.2, 0.25) is 5.88 Å². The van der Waals surface area contributed by atoms with Crippen molar-refractivity contribution in [3.05, 3.63) is 60.2 Å². The summed E-state index contributed by atoms with van der Waals surface area (Å²) in [7, 11) is 1.57. The average Bonchev–Trinajstić information content (AvgIpc) is 3.11. The lowest BCUT2D eigenvalue weighted by Gasteiger charge is -2.38. The van der Waals surface area contributed by atoms with E-state index in [0.29, 0.717) is 24.3 Å². The van der Waals surface area contributed by atoms with Crippen LogP contribution in [0, 0.1) is 5.92 Å². The first-order valence-electron chi connectivity index (χ1n) is 8.55. The van der Waals surface area contributed by atoms with Crippen molar-refractivity contribution in [3.63, 3.8) is 0 Å². The van der Waals surface area contributed by atoms with Gasteiger partial charge in [0.05, 0.1) is 24.8 Å². The van der Waals surface area contributed by atoms with Crippen molar-refractivity contribution in [2.45, 2.75) is 25.0 Å². The molecule has 26 heavy (non-hydrogen) atoms. The number of ether oxygens (including phenoxy) is 1. The highest BCUT2D eigenvalue weighted by Gasteiger charge is 2.36. The number of fused-ring (bicyclic) bond motifs is 1. The molecule has 0 bridgehead atoms. The molecule has 1 amide bonds. The van der Waals surface area contributed by atoms with Crippen molar-refractivity contribution in [1.29, 1.82) is 0 Å². The minimum absolute atomic E-state index is 0.164. The van der Waals surface area contributed by atoms with Crippen LogP contribution in [0.4, 0.5) is 0 Å². The minimum Gasteiger partial charge on any atom is -0.481 e. The number of amides is 1. The molecule has 3 aromatic rings. The van der Waals surface area contributed by atoms with E-state index in [9.17, 15) is 9.90 Å². The standard InChI is InChI=1S/C19H20N4O3/c1-26-17-5-3-12(10-21-17)18(14-8-15(24)9-14)22-19(25)13-2-4-16-20-6-7-23(16)11-13/h2-7,10-11,14-15,18,24H,8-9H2,1H3,(H,22,25)/t14?,15?,18-/m0/s1. The van der Waals surface area contributed by atoms with Gasteiger partial charge in [0.15, 0.2) is 0 Å². The van der Waals surface area contributed by atoms with Crippen LogP contribution in [0.1, 0.15) is 34.8 Å². The van der Waals surface area contributed by atoms with E-state index in [1.165, 1.54) is 0 Å². The van der Waals surface area contributed by atoms with Gasteiger partial charge in [0.25, 0.3) is 5.91 Å². The molecule has 1 aliphatic carbocycles. The molecule has 7 nitrogen and oxygen atoms in total. The molecule has 0 spiro atoms. The van der Waals surface area contributed by atoms with Crippen LogP contribution < -0.4 is 10.1 Å². The Bertz CT molecular complexity index is 916. The Kier molecular flexibility index (Phi) is 4.30. The monoisotopic (exact) mass is 352 g/mol. The second-order valence-electron chi connectivity index (χ2n) is 6.58. The van der Waals surface area contributed by atoms with Gasteiger partial charge in [0, 0.05) is 30.9 Å². The second kappa shape index (κ2) is 6.76. The molecule has 0 radical (unpaired) electrons. The summed E-state index contributed by atoms with van der Waals surface area (Å²) >= 11 is 0. The van der Waals surface area contributed by atoms with E-state index in [2.05, 4.69) is 15.3 Å². The molecule has 1 aliphatic rings. The molecular weight excluding hydrogens is 332 g/mol. The van der Waals surface area contributed by atoms with Crippen LogP contribution in [-0.2, 0) is 0 Å². The van der Waals surface area contributed by atoms with Crippen molar-refractivity contribution in [2.24, 2.45) is 5.92 Å². The van der Waals surface area contributed by atoms with E-state index in [1.807, 2.05) is 16.5 Å². The molecule has 1 fully saturated rings. The quantitative estimate of drug-likeness (QED) is 0.733. The number of hydrogen-bond acceptors (Lipinski definition) is 5. The predicted molar refractivity (Wildman–Crippen MR) is 94.9 cm³/mol. The maximum Gasteiger partial charge on any atom is 0.253 e. The normalized spacial score (nSPS) is 20.4. The zero-order valence-corrected chi connectivity index (χ0v) is 14.4. The van der Waals surface area contributed by atoms with Gasteiger partial charge in [0.1, 0.15) is 5.65 Å². The van der Waals surface area contributed by atoms with Crippen molar-refractivity contribution >= 4 is 11.6 Å². The third-order valence-corrected chi connectivity index (χ3v) is 4.89. The third-order valence-electron chi connectivity index (χ3n) is 4.89. The number of carbonyl (C=O) groups excluding carboxylic acids is 1. The summed E-state index contributed by atoms with van der Waals surface area (Å²) in [5, 5.41) is 12.8. The Morgan fingerprint density at radius 1 is 1.31 bits per heavy atom. The fraction of sp³-hybridized carbons (Fsp3) is 0.316. The third kappa shape index (κ3) is 3.13. The fourth-order valence-corrected chi connectivity index (χ4v) is 3.35. The smallest absolute Gasteiger partial charge is 0.253 e. The Hall–Kier alpha value is -2.93. The Morgan fingerprint density at radius 2 is 2.15 bits per heavy atom. The van der Waals surface area contributed by atoms with Gasteiger partial charge in [-0.3, -0.25) is 4.79 Å². The van der Waals surface area contributed by atoms with Crippen LogP contribution in [0.25, 0.3) is 5.65 Å². The van der Waals surface area contributed by atoms with Gasteiger partial charge >= 0.3 is 0 Å². The number of aliphatic hydroxyl groups is 1. The van der Waals surface area contributed by atoms with Crippen LogP contribution in [0.3, 0.4) is 0 Å². The summed E-state index contributed by atoms with van der Waals surface area (Å²) in [6, 6.07) is 7.05. The highest BCUT2D eigenvalue weighted by atomic mass is 16.5. The van der Waals surface area contributed by atoms with E-state index in [0.717, 1.165) is 11.2 Å². The molecule has 134 valence electrons. The van der Waals surface area contributed by atoms with Crippen LogP contribution in [-0.4, -0.2) is 38.6 Å². The molecule has 1 atom stereocenters. The number of hydrogen-bond donors (Lipinski definition) is 2. The molecule has 0 aromatic carbocycles. The maximum atomic E-state index is 12.8. The number of pyridine rings is 2. The number of aromatic nitrogens is 3. The number of methoxy groups -OCH3 is 1. The fourth-order valence-electron chi connectivity index (χ4n) is 3.35. The first kappa shape index (κ1) is 16.5. The molecule has 2 N–H and O–H groups in total. The van der Waals surface area contributed by atoms with Crippen LogP contribution in [0.15, 0.2) is 49.1 Å². The summed E-state index contributed by atoms with van der Waals surface area (Å²) in [4.78, 5) is 21.2. The lowest BCUT2D eigenvalue weighted by atomic mass is 9.75. The molecule has 7 heteroatoms. The Labute approximate surface area is 150 Å². The highest BCUT2D eigenvalue weighted by Crippen LogP contribution is 2.38. The van der Waals surface area contributed by atoms with Crippen molar-refractivity contribution in [1.82, 2.24) is 19.7 Å². The zero-order valence-electron chi connectivity index (χ0n) is 14.4. The van der Waals surface area contributed by atoms with Gasteiger partial charge in [-0.15, -0.1) is 0 Å². The van der Waals surface area contributed by atoms with E-state index in [4.69, 9.17) is 4.74 Å². The Balaban J connectivity index is 1.57. The molecule has 3 heterocycles. The van der Waals surface area contributed by atoms with E-state index >= 15 is 0 Å². The van der Waals surface area contributed by atoms with Crippen molar-refractivity contribution in [2.75, 3.05) is 7.11 Å². The summed E-state index contributed by atoms with van der Waals surface area (Å²) in [6.45, 7) is 0. The van der Waals surface area contributed by atoms with E-state index in [-0.39, 0.29) is 24.0 Å². The van der Waals surface area contributed by atoms with Gasteiger partial charge in [-0.2, -0.15) is 0 Å². The number of aliphatic hydroxyl groups excluding tert-OH is 1. The zero-order chi connectivity index (χ0) is 18.1. The lowest BCUT2D eigenvalue weighted by molar-refractivity contribution is 0.0234. The molecule has 0 saturated heterocycles. The molecule has 0 unspecified atom stereocenters. The average molecular weight is 352 g/mol. The number of carbonyl (C=O) groups is 1. The van der Waals surface area contributed by atoms with Gasteiger partial charge in [-0.1, -0.05) is 6.07 Å². The van der Waals surface area contributed by atoms with Gasteiger partial charge in [-0.05, 0) is 36.5 Å². The minimum atomic E-state index is -0.298. The molecule has 4 rings (SSSR count). The second-order valence-corrected chi connectivity index (χ2v) is 6.58. The van der Waals surface area contributed by atoms with E-state index in [1.54, 1.807) is 44.0 Å². The van der Waals surface area contributed by atoms with Gasteiger partial charge < -0.3 is 19.6 Å². The first-order valence-corrected chi connectivity index (χ1v) is 8.55. The number of rotatable bonds is 5. The first-order chi connectivity index (χ1) is 12.6. The van der Waals surface area contributed by atoms with Crippen molar-refractivity contribution in [3.8, 4) is 5.88 Å². The number of imidazole rings is 1. The van der Waals surface area contributed by atoms with Crippen LogP contribution >= 0.6 is 0 Å². The molecule has 3 aromatic heterocycles. The predicted octanol–water partition coefficient (Wildman–Crippen LogP) is 1.98. The SMILES string of the molecule is COc1ccc([C@H](NC(=O)c2ccc3nccn3c2)C2CC(O)C2)cn1. The number of nitrogens with one attached hydrogen (secondary N) is 1. The van der Waals surface area contributed by atoms with Crippen molar-refractivity contribution < 1.29 is 14.6 Å². The van der Waals surface area contributed by atoms with Crippen LogP contribution in [0.5, 0.6) is 5.88 Å². The van der Waals surface area contributed by atoms with E-state index < -0.39 is 0 Å². The summed E-state index contributed by atoms with van der Waals surface area (Å²) in [5.74, 6) is 0.543. The Morgan fingerprint density at radius 3 is 2.85 bits per heavy atom. The maximum absolute atomic E-state index is 12.8. The lowest BCUT2D eigenvalue weighted by Crippen LogP contribution is -2.41. The molecule has 0 aliphatic heterocycles. The van der Waals surface area contributed by atoms with Crippen LogP contribution in [0.2, 0.25) is 0 Å². The topological polar surface area (TPSA) is 88.8 Å². The summed E-state index contributed by atoms with van der Waals surface area (Å²) in [5.41, 5.74) is 2.25. The molecule has 1 saturated carbocycles. The summed E-state index contributed by atoms with van der Waals surface area (Å²) < 4.78 is 6.91. The molecular formula is C19H20N4O3. The number of nitrogens with zero attached hydrogens (tertiary/aromatic N) is 3. The van der Waals surface area contributed by atoms with Gasteiger partial charge in [-0.25, -0.2) is 9.97 Å². The summed E-state index contributed by atoms with van der Waals surface area (Å²) in [6.07, 6.45) is 8.00. The highest BCUT2D eigenvalue weighted by molar-refractivity contribution is 5.94.